The zero-order valence-electron chi connectivity index (χ0n) is 9.74. The Balaban J connectivity index is 2.55. The zero-order chi connectivity index (χ0) is 14.3. The number of nitrogens with zero attached hydrogens (tertiary/aromatic N) is 1. The lowest BCUT2D eigenvalue weighted by Crippen LogP contribution is -2.37. The van der Waals surface area contributed by atoms with E-state index in [4.69, 9.17) is 0 Å². The third-order valence-electron chi connectivity index (χ3n) is 3.01. The first-order valence-corrected chi connectivity index (χ1v) is 5.40. The van der Waals surface area contributed by atoms with Gasteiger partial charge < -0.3 is 10.2 Å². The minimum atomic E-state index is -2.24. The lowest BCUT2D eigenvalue weighted by atomic mass is 10.2. The smallest absolute Gasteiger partial charge is 0.244 e. The summed E-state index contributed by atoms with van der Waals surface area (Å²) >= 11 is 0. The molecule has 0 spiro atoms. The van der Waals surface area contributed by atoms with Crippen molar-refractivity contribution < 1.29 is 26.7 Å². The van der Waals surface area contributed by atoms with Gasteiger partial charge in [-0.3, -0.25) is 4.79 Å². The predicted molar refractivity (Wildman–Crippen MR) is 56.0 cm³/mol. The molecule has 0 radical (unpaired) electrons. The van der Waals surface area contributed by atoms with Crippen molar-refractivity contribution in [3.05, 3.63) is 29.1 Å². The molecule has 0 aliphatic carbocycles. The lowest BCUT2D eigenvalue weighted by molar-refractivity contribution is -0.118. The highest BCUT2D eigenvalue weighted by Gasteiger charge is 2.37. The number of hydrogen-bond acceptors (Lipinski definition) is 2. The molecule has 2 rings (SSSR count). The maximum Gasteiger partial charge on any atom is 0.244 e. The van der Waals surface area contributed by atoms with Gasteiger partial charge in [-0.25, -0.2) is 22.0 Å². The van der Waals surface area contributed by atoms with Crippen molar-refractivity contribution in [3.8, 4) is 0 Å². The second-order valence-electron chi connectivity index (χ2n) is 4.04. The Hall–Kier alpha value is -1.70. The summed E-state index contributed by atoms with van der Waals surface area (Å²) < 4.78 is 66.0. The van der Waals surface area contributed by atoms with Crippen LogP contribution in [0.3, 0.4) is 0 Å². The lowest BCUT2D eigenvalue weighted by Gasteiger charge is -2.19. The van der Waals surface area contributed by atoms with E-state index < -0.39 is 46.7 Å². The number of benzene rings is 1. The van der Waals surface area contributed by atoms with Crippen molar-refractivity contribution in [1.82, 2.24) is 5.32 Å². The van der Waals surface area contributed by atoms with Gasteiger partial charge in [-0.15, -0.1) is 0 Å². The molecule has 1 unspecified atom stereocenters. The van der Waals surface area contributed by atoms with Crippen LogP contribution >= 0.6 is 0 Å². The third-order valence-corrected chi connectivity index (χ3v) is 3.01. The van der Waals surface area contributed by atoms with Crippen molar-refractivity contribution in [2.45, 2.75) is 12.5 Å². The van der Waals surface area contributed by atoms with Gasteiger partial charge in [0.15, 0.2) is 23.3 Å². The molecule has 3 nitrogen and oxygen atoms in total. The number of hydrogen-bond donors (Lipinski definition) is 1. The minimum Gasteiger partial charge on any atom is -0.309 e. The molecule has 0 saturated carbocycles. The van der Waals surface area contributed by atoms with E-state index in [1.54, 1.807) is 0 Å². The van der Waals surface area contributed by atoms with E-state index in [0.717, 1.165) is 0 Å². The van der Waals surface area contributed by atoms with E-state index in [-0.39, 0.29) is 13.0 Å². The molecule has 1 saturated heterocycles. The normalized spacial score (nSPS) is 19.4. The van der Waals surface area contributed by atoms with Crippen LogP contribution < -0.4 is 10.2 Å². The fraction of sp³-hybridized carbons (Fsp3) is 0.364. The van der Waals surface area contributed by atoms with Gasteiger partial charge in [0.1, 0.15) is 5.69 Å². The van der Waals surface area contributed by atoms with Crippen molar-refractivity contribution in [3.63, 3.8) is 0 Å². The van der Waals surface area contributed by atoms with Gasteiger partial charge in [-0.2, -0.15) is 0 Å². The Kier molecular flexibility index (Phi) is 3.44. The highest BCUT2D eigenvalue weighted by Crippen LogP contribution is 2.32. The number of nitrogens with one attached hydrogen (secondary N) is 1. The quantitative estimate of drug-likeness (QED) is 0.508. The molecule has 1 aliphatic rings. The van der Waals surface area contributed by atoms with Gasteiger partial charge in [-0.05, 0) is 13.5 Å². The van der Waals surface area contributed by atoms with Crippen LogP contribution in [0.4, 0.5) is 27.6 Å². The highest BCUT2D eigenvalue weighted by atomic mass is 19.2. The minimum absolute atomic E-state index is 0.122. The van der Waals surface area contributed by atoms with Crippen molar-refractivity contribution in [2.75, 3.05) is 18.5 Å². The van der Waals surface area contributed by atoms with Gasteiger partial charge in [-0.1, -0.05) is 0 Å². The van der Waals surface area contributed by atoms with Gasteiger partial charge in [0.25, 0.3) is 0 Å². The SMILES string of the molecule is CNC1CCN(c2c(F)c(F)c(F)c(F)c2F)C1=O. The highest BCUT2D eigenvalue weighted by molar-refractivity contribution is 5.99. The Morgan fingerprint density at radius 2 is 1.47 bits per heavy atom. The molecule has 1 aromatic carbocycles. The Bertz CT molecular complexity index is 519. The van der Waals surface area contributed by atoms with Crippen molar-refractivity contribution in [1.29, 1.82) is 0 Å². The van der Waals surface area contributed by atoms with Crippen LogP contribution in [-0.4, -0.2) is 25.5 Å². The van der Waals surface area contributed by atoms with Gasteiger partial charge in [0.2, 0.25) is 11.7 Å². The maximum atomic E-state index is 13.5. The summed E-state index contributed by atoms with van der Waals surface area (Å²) in [7, 11) is 1.46. The number of anilines is 1. The summed E-state index contributed by atoms with van der Waals surface area (Å²) in [6, 6.07) is -0.699. The second-order valence-corrected chi connectivity index (χ2v) is 4.04. The standard InChI is InChI=1S/C11H9F5N2O/c1-17-4-2-3-18(11(4)19)10-8(15)6(13)5(12)7(14)9(10)16/h4,17H,2-3H2,1H3. The number of rotatable bonds is 2. The summed E-state index contributed by atoms with van der Waals surface area (Å²) in [4.78, 5) is 12.3. The van der Waals surface area contributed by atoms with E-state index in [1.165, 1.54) is 7.05 Å². The molecule has 0 aromatic heterocycles. The fourth-order valence-electron chi connectivity index (χ4n) is 2.00. The monoisotopic (exact) mass is 280 g/mol. The van der Waals surface area contributed by atoms with E-state index in [9.17, 15) is 26.7 Å². The van der Waals surface area contributed by atoms with Crippen LogP contribution in [0.1, 0.15) is 6.42 Å². The third kappa shape index (κ3) is 1.95. The van der Waals surface area contributed by atoms with Crippen LogP contribution in [0.15, 0.2) is 0 Å². The van der Waals surface area contributed by atoms with E-state index in [0.29, 0.717) is 4.90 Å². The Labute approximate surface area is 105 Å². The molecular weight excluding hydrogens is 271 g/mol. The molecule has 1 heterocycles. The molecular formula is C11H9F5N2O. The molecule has 104 valence electrons. The summed E-state index contributed by atoms with van der Waals surface area (Å²) in [5.74, 6) is -11.1. The number of likely N-dealkylation sites (N-methyl/N-ethyl adjacent to an activating group) is 1. The van der Waals surface area contributed by atoms with E-state index in [1.807, 2.05) is 0 Å². The zero-order valence-corrected chi connectivity index (χ0v) is 9.74. The van der Waals surface area contributed by atoms with Crippen molar-refractivity contribution >= 4 is 11.6 Å². The Morgan fingerprint density at radius 1 is 1.00 bits per heavy atom. The molecule has 19 heavy (non-hydrogen) atoms. The first-order valence-electron chi connectivity index (χ1n) is 5.40. The van der Waals surface area contributed by atoms with Crippen LogP contribution in [0.2, 0.25) is 0 Å². The van der Waals surface area contributed by atoms with Crippen LogP contribution in [0.5, 0.6) is 0 Å². The summed E-state index contributed by atoms with van der Waals surface area (Å²) in [5.41, 5.74) is -1.20. The molecule has 1 amide bonds. The topological polar surface area (TPSA) is 32.3 Å². The largest absolute Gasteiger partial charge is 0.309 e. The van der Waals surface area contributed by atoms with Gasteiger partial charge in [0, 0.05) is 6.54 Å². The second kappa shape index (κ2) is 4.76. The molecule has 1 fully saturated rings. The van der Waals surface area contributed by atoms with E-state index in [2.05, 4.69) is 5.32 Å². The van der Waals surface area contributed by atoms with E-state index >= 15 is 0 Å². The van der Waals surface area contributed by atoms with Gasteiger partial charge >= 0.3 is 0 Å². The first kappa shape index (κ1) is 13.7. The number of carbonyl (C=O) groups excluding carboxylic acids is 1. The predicted octanol–water partition coefficient (Wildman–Crippen LogP) is 1.71. The fourth-order valence-corrected chi connectivity index (χ4v) is 2.00. The molecule has 0 bridgehead atoms. The Morgan fingerprint density at radius 3 is 1.89 bits per heavy atom. The number of halogens is 5. The number of carbonyl (C=O) groups is 1. The summed E-state index contributed by atoms with van der Waals surface area (Å²) in [6.07, 6.45) is 0.217. The van der Waals surface area contributed by atoms with Crippen LogP contribution in [0, 0.1) is 29.1 Å². The number of amides is 1. The molecule has 1 aliphatic heterocycles. The van der Waals surface area contributed by atoms with Crippen LogP contribution in [-0.2, 0) is 4.79 Å². The van der Waals surface area contributed by atoms with Crippen molar-refractivity contribution in [2.24, 2.45) is 0 Å². The molecule has 1 atom stereocenters. The molecule has 8 heteroatoms. The van der Waals surface area contributed by atoms with Crippen LogP contribution in [0.25, 0.3) is 0 Å². The first-order chi connectivity index (χ1) is 8.90. The average molecular weight is 280 g/mol. The maximum absolute atomic E-state index is 13.5. The summed E-state index contributed by atoms with van der Waals surface area (Å²) in [6.45, 7) is -0.122. The molecule has 1 aromatic rings. The summed E-state index contributed by atoms with van der Waals surface area (Å²) in [5, 5.41) is 2.60. The van der Waals surface area contributed by atoms with Gasteiger partial charge in [0.05, 0.1) is 6.04 Å². The molecule has 1 N–H and O–H groups in total. The average Bonchev–Trinajstić information content (AvgIpc) is 2.76.